The fourth-order valence-electron chi connectivity index (χ4n) is 5.53. The Labute approximate surface area is 231 Å². The van der Waals surface area contributed by atoms with Gasteiger partial charge in [0.1, 0.15) is 62.4 Å². The lowest BCUT2D eigenvalue weighted by Crippen LogP contribution is -2.05. The Morgan fingerprint density at radius 1 is 0.610 bits per heavy atom. The average Bonchev–Trinajstić information content (AvgIpc) is 2.92. The number of benzene rings is 4. The number of ether oxygens (including phenoxy) is 3. The predicted octanol–water partition coefficient (Wildman–Crippen LogP) is 5.63. The van der Waals surface area contributed by atoms with Crippen LogP contribution in [0.1, 0.15) is 11.5 Å². The van der Waals surface area contributed by atoms with Gasteiger partial charge >= 0.3 is 0 Å². The van der Waals surface area contributed by atoms with Gasteiger partial charge in [-0.25, -0.2) is 0 Å². The van der Waals surface area contributed by atoms with Gasteiger partial charge in [-0.2, -0.15) is 0 Å². The number of phenolic OH excluding ortho intramolecular Hbond substituents is 2. The van der Waals surface area contributed by atoms with Crippen molar-refractivity contribution in [1.29, 1.82) is 0 Å². The summed E-state index contributed by atoms with van der Waals surface area (Å²) in [6, 6.07) is 8.26. The van der Waals surface area contributed by atoms with Crippen LogP contribution in [0.5, 0.6) is 34.5 Å². The van der Waals surface area contributed by atoms with Crippen molar-refractivity contribution in [2.45, 2.75) is 13.8 Å². The molecule has 0 atom stereocenters. The van der Waals surface area contributed by atoms with Gasteiger partial charge in [0.2, 0.25) is 0 Å². The molecule has 0 saturated carbocycles. The summed E-state index contributed by atoms with van der Waals surface area (Å²) >= 11 is 0. The number of methoxy groups -OCH3 is 3. The fourth-order valence-corrected chi connectivity index (χ4v) is 5.53. The second-order valence-corrected chi connectivity index (χ2v) is 9.62. The highest BCUT2D eigenvalue weighted by atomic mass is 16.5. The molecule has 2 heterocycles. The number of aryl methyl sites for hydroxylation is 2. The molecule has 0 spiro atoms. The Balaban J connectivity index is 2.04. The van der Waals surface area contributed by atoms with Crippen molar-refractivity contribution in [2.75, 3.05) is 21.3 Å². The van der Waals surface area contributed by atoms with Crippen LogP contribution < -0.4 is 25.1 Å². The lowest BCUT2D eigenvalue weighted by molar-refractivity contribution is 0.396. The van der Waals surface area contributed by atoms with Crippen molar-refractivity contribution in [3.05, 3.63) is 68.4 Å². The zero-order valence-corrected chi connectivity index (χ0v) is 22.7. The predicted molar refractivity (Wildman–Crippen MR) is 153 cm³/mol. The van der Waals surface area contributed by atoms with Crippen molar-refractivity contribution in [3.63, 3.8) is 0 Å². The molecule has 6 aromatic rings. The van der Waals surface area contributed by atoms with Crippen LogP contribution in [0.3, 0.4) is 0 Å². The van der Waals surface area contributed by atoms with E-state index in [1.807, 2.05) is 0 Å². The lowest BCUT2D eigenvalue weighted by atomic mass is 9.88. The lowest BCUT2D eigenvalue weighted by Gasteiger charge is -2.20. The standard InChI is InChI=1S/C31H24O10/c1-12-6-19(34)27-29(36)24(16-8-14(32)9-20(38-4)23(16)30(27)40-12)25-17-10-15(37-3)11-21(39-5)22(17)28(35)26-18(33)7-13(2)41-31(25)26/h6-11,34-36H,1-5H3. The SMILES string of the molecule is COc1cc(OC)c2c(O)c3c(=O)cc(C)oc3c(-c3c(O)c4c(O)cc(C)oc4c4c(OC)cc(=O)cc34)c2c1. The molecule has 0 bridgehead atoms. The number of fused-ring (bicyclic) bond motifs is 5. The summed E-state index contributed by atoms with van der Waals surface area (Å²) in [7, 11) is 4.23. The van der Waals surface area contributed by atoms with Gasteiger partial charge in [-0.05, 0) is 26.0 Å². The molecule has 2 aromatic heterocycles. The van der Waals surface area contributed by atoms with Gasteiger partial charge in [-0.15, -0.1) is 0 Å². The first-order valence-corrected chi connectivity index (χ1v) is 12.4. The fraction of sp³-hybridized carbons (Fsp3) is 0.161. The third-order valence-corrected chi connectivity index (χ3v) is 7.17. The van der Waals surface area contributed by atoms with Crippen LogP contribution in [0, 0.1) is 13.8 Å². The van der Waals surface area contributed by atoms with Gasteiger partial charge in [0.25, 0.3) is 0 Å². The molecule has 0 saturated heterocycles. The molecule has 0 aliphatic rings. The van der Waals surface area contributed by atoms with E-state index < -0.39 is 22.4 Å². The molecule has 0 amide bonds. The number of rotatable bonds is 4. The van der Waals surface area contributed by atoms with E-state index in [4.69, 9.17) is 23.0 Å². The van der Waals surface area contributed by atoms with Gasteiger partial charge in [-0.3, -0.25) is 9.59 Å². The van der Waals surface area contributed by atoms with E-state index in [1.165, 1.54) is 51.7 Å². The first kappa shape index (κ1) is 25.9. The zero-order chi connectivity index (χ0) is 29.3. The van der Waals surface area contributed by atoms with Crippen molar-refractivity contribution < 1.29 is 38.4 Å². The van der Waals surface area contributed by atoms with Gasteiger partial charge < -0.3 is 38.4 Å². The maximum absolute atomic E-state index is 13.3. The number of phenols is 2. The molecule has 0 radical (unpaired) electrons. The van der Waals surface area contributed by atoms with Crippen LogP contribution in [0.2, 0.25) is 0 Å². The zero-order valence-electron chi connectivity index (χ0n) is 22.7. The highest BCUT2D eigenvalue weighted by molar-refractivity contribution is 6.26. The molecular formula is C31H24O10. The van der Waals surface area contributed by atoms with Crippen LogP contribution in [0.25, 0.3) is 54.6 Å². The van der Waals surface area contributed by atoms with E-state index in [2.05, 4.69) is 0 Å². The van der Waals surface area contributed by atoms with E-state index in [0.29, 0.717) is 11.5 Å². The first-order chi connectivity index (χ1) is 19.6. The maximum Gasteiger partial charge on any atom is 0.196 e. The summed E-state index contributed by atoms with van der Waals surface area (Å²) in [4.78, 5) is 26.2. The largest absolute Gasteiger partial charge is 0.507 e. The molecule has 41 heavy (non-hydrogen) atoms. The number of aromatic hydroxyl groups is 3. The molecular weight excluding hydrogens is 532 g/mol. The van der Waals surface area contributed by atoms with Crippen molar-refractivity contribution in [2.24, 2.45) is 0 Å². The summed E-state index contributed by atoms with van der Waals surface area (Å²) in [6.45, 7) is 3.20. The van der Waals surface area contributed by atoms with Crippen LogP contribution >= 0.6 is 0 Å². The Morgan fingerprint density at radius 3 is 1.93 bits per heavy atom. The van der Waals surface area contributed by atoms with E-state index in [0.717, 1.165) is 0 Å². The summed E-state index contributed by atoms with van der Waals surface area (Å²) in [5, 5.41) is 35.0. The van der Waals surface area contributed by atoms with E-state index in [1.54, 1.807) is 19.9 Å². The second-order valence-electron chi connectivity index (χ2n) is 9.62. The minimum Gasteiger partial charge on any atom is -0.507 e. The molecule has 208 valence electrons. The summed E-state index contributed by atoms with van der Waals surface area (Å²) in [6.07, 6.45) is 0. The first-order valence-electron chi connectivity index (χ1n) is 12.4. The Hall–Kier alpha value is -5.38. The van der Waals surface area contributed by atoms with Gasteiger partial charge in [0.15, 0.2) is 16.4 Å². The van der Waals surface area contributed by atoms with Gasteiger partial charge in [0, 0.05) is 46.2 Å². The minimum atomic E-state index is -0.539. The van der Waals surface area contributed by atoms with E-state index in [9.17, 15) is 24.9 Å². The molecule has 0 fully saturated rings. The highest BCUT2D eigenvalue weighted by Crippen LogP contribution is 2.54. The highest BCUT2D eigenvalue weighted by Gasteiger charge is 2.29. The molecule has 0 aliphatic carbocycles. The third kappa shape index (κ3) is 3.64. The second kappa shape index (κ2) is 9.09. The minimum absolute atomic E-state index is 0.0249. The molecule has 0 unspecified atom stereocenters. The van der Waals surface area contributed by atoms with E-state index >= 15 is 0 Å². The molecule has 6 rings (SSSR count). The number of hydrogen-bond acceptors (Lipinski definition) is 10. The normalized spacial score (nSPS) is 11.5. The van der Waals surface area contributed by atoms with Crippen LogP contribution in [-0.2, 0) is 0 Å². The van der Waals surface area contributed by atoms with Crippen molar-refractivity contribution in [1.82, 2.24) is 0 Å². The topological polar surface area (TPSA) is 149 Å². The summed E-state index contributed by atoms with van der Waals surface area (Å²) in [5.41, 5.74) is -0.797. The van der Waals surface area contributed by atoms with Crippen LogP contribution in [0.15, 0.2) is 54.8 Å². The van der Waals surface area contributed by atoms with Crippen molar-refractivity contribution in [3.8, 4) is 45.6 Å². The Morgan fingerprint density at radius 2 is 1.24 bits per heavy atom. The van der Waals surface area contributed by atoms with Gasteiger partial charge in [-0.1, -0.05) is 0 Å². The van der Waals surface area contributed by atoms with E-state index in [-0.39, 0.29) is 77.6 Å². The summed E-state index contributed by atoms with van der Waals surface area (Å²) in [5.74, 6) is 0.0776. The third-order valence-electron chi connectivity index (χ3n) is 7.17. The van der Waals surface area contributed by atoms with Crippen molar-refractivity contribution >= 4 is 43.5 Å². The Bertz CT molecular complexity index is 2210. The smallest absolute Gasteiger partial charge is 0.196 e. The van der Waals surface area contributed by atoms with Gasteiger partial charge in [0.05, 0.1) is 32.1 Å². The molecule has 4 aromatic carbocycles. The Kier molecular flexibility index (Phi) is 5.74. The quantitative estimate of drug-likeness (QED) is 0.184. The monoisotopic (exact) mass is 556 g/mol. The summed E-state index contributed by atoms with van der Waals surface area (Å²) < 4.78 is 28.6. The van der Waals surface area contributed by atoms with Crippen LogP contribution in [0.4, 0.5) is 0 Å². The van der Waals surface area contributed by atoms with Crippen LogP contribution in [-0.4, -0.2) is 36.6 Å². The number of hydrogen-bond donors (Lipinski definition) is 3. The maximum atomic E-state index is 13.3. The molecule has 0 aliphatic heterocycles. The molecule has 3 N–H and O–H groups in total. The molecule has 10 heteroatoms. The molecule has 10 nitrogen and oxygen atoms in total. The average molecular weight is 557 g/mol.